The van der Waals surface area contributed by atoms with Gasteiger partial charge in [0.1, 0.15) is 5.75 Å². The molecule has 0 aromatic heterocycles. The number of phenols is 1. The van der Waals surface area contributed by atoms with Crippen LogP contribution in [0.25, 0.3) is 0 Å². The molecule has 4 heterocycles. The number of hydroxylamine groups is 2. The van der Waals surface area contributed by atoms with Gasteiger partial charge in [-0.25, -0.2) is 14.7 Å². The van der Waals surface area contributed by atoms with E-state index in [-0.39, 0.29) is 42.6 Å². The Labute approximate surface area is 306 Å². The minimum atomic E-state index is -1.01. The van der Waals surface area contributed by atoms with Crippen molar-refractivity contribution in [1.29, 1.82) is 0 Å². The number of carbonyl (C=O) groups is 4. The van der Waals surface area contributed by atoms with Crippen LogP contribution in [0.5, 0.6) is 5.75 Å². The van der Waals surface area contributed by atoms with Crippen molar-refractivity contribution >= 4 is 29.6 Å². The van der Waals surface area contributed by atoms with E-state index in [0.717, 1.165) is 62.0 Å². The number of fused-ring (bicyclic) bond motifs is 1. The van der Waals surface area contributed by atoms with Crippen LogP contribution < -0.4 is 5.32 Å². The maximum atomic E-state index is 14.1. The maximum absolute atomic E-state index is 14.1. The lowest BCUT2D eigenvalue weighted by Gasteiger charge is -2.41. The quantitative estimate of drug-likeness (QED) is 0.269. The Morgan fingerprint density at radius 2 is 1.48 bits per heavy atom. The first-order chi connectivity index (χ1) is 25.0. The van der Waals surface area contributed by atoms with Gasteiger partial charge >= 0.3 is 12.1 Å². The molecule has 13 heteroatoms. The van der Waals surface area contributed by atoms with Crippen LogP contribution >= 0.6 is 0 Å². The summed E-state index contributed by atoms with van der Waals surface area (Å²) in [6, 6.07) is 11.4. The van der Waals surface area contributed by atoms with Crippen LogP contribution in [0.4, 0.5) is 15.3 Å². The zero-order valence-corrected chi connectivity index (χ0v) is 30.8. The van der Waals surface area contributed by atoms with E-state index < -0.39 is 12.2 Å². The van der Waals surface area contributed by atoms with Crippen LogP contribution in [-0.4, -0.2) is 130 Å². The fourth-order valence-corrected chi connectivity index (χ4v) is 8.52. The molecule has 0 radical (unpaired) electrons. The predicted octanol–water partition coefficient (Wildman–Crippen LogP) is 4.41. The van der Waals surface area contributed by atoms with Crippen molar-refractivity contribution in [2.24, 2.45) is 11.8 Å². The Morgan fingerprint density at radius 3 is 2.12 bits per heavy atom. The highest BCUT2D eigenvalue weighted by Crippen LogP contribution is 2.33. The van der Waals surface area contributed by atoms with Crippen molar-refractivity contribution in [3.05, 3.63) is 58.7 Å². The van der Waals surface area contributed by atoms with Crippen molar-refractivity contribution in [2.75, 3.05) is 64.7 Å². The van der Waals surface area contributed by atoms with Crippen molar-refractivity contribution in [3.63, 3.8) is 0 Å². The van der Waals surface area contributed by atoms with Gasteiger partial charge in [-0.15, -0.1) is 0 Å². The fourth-order valence-electron chi connectivity index (χ4n) is 8.52. The molecule has 3 saturated heterocycles. The average molecular weight is 719 g/mol. The molecule has 2 aromatic carbocycles. The van der Waals surface area contributed by atoms with Crippen LogP contribution in [0, 0.1) is 25.7 Å². The van der Waals surface area contributed by atoms with Gasteiger partial charge in [-0.05, 0) is 112 Å². The Balaban J connectivity index is 1.05. The van der Waals surface area contributed by atoms with Crippen LogP contribution in [0.2, 0.25) is 0 Å². The third kappa shape index (κ3) is 8.80. The van der Waals surface area contributed by atoms with Gasteiger partial charge < -0.3 is 29.9 Å². The number of piperidine rings is 3. The standard InChI is InChI=1S/C39H54N6O7/c1-26-22-28(23-27(2)36(26)47)24-34(37(48)43-17-10-30(11-18-43)29-8-15-42(16-9-29)25-35(46)41(3)51)52-39(50)44-19-13-32(14-20-44)45-21-12-31-6-4-5-7-33(31)40-38(45)49/h4-7,22-23,29-30,32,34,47,51H,8-21,24-25H2,1-3H3,(H,40,49)/t34-/m1/s1. The first kappa shape index (κ1) is 37.4. The minimum Gasteiger partial charge on any atom is -0.507 e. The van der Waals surface area contributed by atoms with Crippen LogP contribution in [0.15, 0.2) is 36.4 Å². The maximum Gasteiger partial charge on any atom is 0.410 e. The first-order valence-electron chi connectivity index (χ1n) is 18.8. The van der Waals surface area contributed by atoms with E-state index in [9.17, 15) is 29.5 Å². The average Bonchev–Trinajstić information content (AvgIpc) is 3.31. The normalized spacial score (nSPS) is 20.2. The molecule has 0 bridgehead atoms. The van der Waals surface area contributed by atoms with E-state index in [0.29, 0.717) is 73.6 Å². The third-order valence-corrected chi connectivity index (χ3v) is 11.7. The topological polar surface area (TPSA) is 146 Å². The number of para-hydroxylation sites is 1. The number of ether oxygens (including phenoxy) is 1. The lowest BCUT2D eigenvalue weighted by Crippen LogP contribution is -2.52. The van der Waals surface area contributed by atoms with E-state index in [2.05, 4.69) is 10.2 Å². The Bertz CT molecular complexity index is 1590. The van der Waals surface area contributed by atoms with Gasteiger partial charge in [0, 0.05) is 57.9 Å². The Kier molecular flexibility index (Phi) is 11.9. The number of benzene rings is 2. The minimum absolute atomic E-state index is 0.00277. The number of hydrogen-bond donors (Lipinski definition) is 3. The summed E-state index contributed by atoms with van der Waals surface area (Å²) in [6.45, 7) is 8.11. The molecule has 0 aliphatic carbocycles. The van der Waals surface area contributed by atoms with E-state index in [1.165, 1.54) is 7.05 Å². The van der Waals surface area contributed by atoms with Gasteiger partial charge in [0.15, 0.2) is 6.10 Å². The van der Waals surface area contributed by atoms with Gasteiger partial charge in [-0.3, -0.25) is 19.7 Å². The Hall–Kier alpha value is -4.36. The lowest BCUT2D eigenvalue weighted by atomic mass is 9.78. The molecule has 13 nitrogen and oxygen atoms in total. The van der Waals surface area contributed by atoms with Crippen LogP contribution in [-0.2, 0) is 27.2 Å². The van der Waals surface area contributed by atoms with Gasteiger partial charge in [-0.2, -0.15) is 0 Å². The number of likely N-dealkylation sites (N-methyl/N-ethyl adjacent to an activating group) is 1. The SMILES string of the molecule is Cc1cc(C[C@@H](OC(=O)N2CCC(N3CCc4ccccc4NC3=O)CC2)C(=O)N2CCC(C3CCN(CC(=O)N(C)O)CC3)CC2)cc(C)c1O. The molecule has 5 amide bonds. The van der Waals surface area contributed by atoms with Crippen LogP contribution in [0.3, 0.4) is 0 Å². The number of amides is 5. The number of likely N-dealkylation sites (tertiary alicyclic amines) is 3. The van der Waals surface area contributed by atoms with Crippen molar-refractivity contribution in [2.45, 2.75) is 77.4 Å². The summed E-state index contributed by atoms with van der Waals surface area (Å²) >= 11 is 0. The highest BCUT2D eigenvalue weighted by Gasteiger charge is 2.37. The molecule has 3 N–H and O–H groups in total. The van der Waals surface area contributed by atoms with E-state index >= 15 is 0 Å². The summed E-state index contributed by atoms with van der Waals surface area (Å²) in [4.78, 5) is 60.3. The van der Waals surface area contributed by atoms with Crippen LogP contribution in [0.1, 0.15) is 60.8 Å². The fraction of sp³-hybridized carbons (Fsp3) is 0.590. The van der Waals surface area contributed by atoms with Crippen molar-refractivity contribution in [3.8, 4) is 5.75 Å². The van der Waals surface area contributed by atoms with Crippen molar-refractivity contribution < 1.29 is 34.2 Å². The van der Waals surface area contributed by atoms with E-state index in [1.807, 2.05) is 60.0 Å². The highest BCUT2D eigenvalue weighted by atomic mass is 16.6. The summed E-state index contributed by atoms with van der Waals surface area (Å²) in [5.41, 5.74) is 4.18. The predicted molar refractivity (Wildman–Crippen MR) is 195 cm³/mol. The number of nitrogens with zero attached hydrogens (tertiary/aromatic N) is 5. The number of aryl methyl sites for hydroxylation is 2. The number of phenolic OH excluding ortho intramolecular Hbond substituents is 1. The van der Waals surface area contributed by atoms with E-state index in [4.69, 9.17) is 4.74 Å². The Morgan fingerprint density at radius 1 is 0.885 bits per heavy atom. The van der Waals surface area contributed by atoms with Gasteiger partial charge in [0.2, 0.25) is 0 Å². The number of carbonyl (C=O) groups excluding carboxylic acids is 4. The lowest BCUT2D eigenvalue weighted by molar-refractivity contribution is -0.160. The monoisotopic (exact) mass is 718 g/mol. The summed E-state index contributed by atoms with van der Waals surface area (Å²) in [5.74, 6) is 0.704. The molecule has 4 aliphatic heterocycles. The van der Waals surface area contributed by atoms with Gasteiger partial charge in [-0.1, -0.05) is 30.3 Å². The zero-order chi connectivity index (χ0) is 36.9. The summed E-state index contributed by atoms with van der Waals surface area (Å²) < 4.78 is 6.07. The number of nitrogens with one attached hydrogen (secondary N) is 1. The molecule has 0 spiro atoms. The molecule has 0 unspecified atom stereocenters. The number of rotatable bonds is 8. The summed E-state index contributed by atoms with van der Waals surface area (Å²) in [7, 11) is 1.35. The first-order valence-corrected chi connectivity index (χ1v) is 18.8. The second kappa shape index (κ2) is 16.5. The number of urea groups is 1. The molecule has 3 fully saturated rings. The largest absolute Gasteiger partial charge is 0.507 e. The second-order valence-electron chi connectivity index (χ2n) is 15.1. The molecule has 2 aromatic rings. The van der Waals surface area contributed by atoms with E-state index in [1.54, 1.807) is 4.90 Å². The molecule has 6 rings (SSSR count). The number of hydrogen-bond acceptors (Lipinski definition) is 8. The van der Waals surface area contributed by atoms with Crippen molar-refractivity contribution in [1.82, 2.24) is 24.7 Å². The summed E-state index contributed by atoms with van der Waals surface area (Å²) in [6.07, 6.45) is 4.38. The van der Waals surface area contributed by atoms with Gasteiger partial charge in [0.05, 0.1) is 6.54 Å². The molecular weight excluding hydrogens is 664 g/mol. The molecule has 52 heavy (non-hydrogen) atoms. The molecule has 4 aliphatic rings. The molecule has 0 saturated carbocycles. The highest BCUT2D eigenvalue weighted by molar-refractivity contribution is 5.91. The summed E-state index contributed by atoms with van der Waals surface area (Å²) in [5, 5.41) is 23.5. The molecule has 1 atom stereocenters. The second-order valence-corrected chi connectivity index (χ2v) is 15.1. The molecular formula is C39H54N6O7. The number of anilines is 1. The smallest absolute Gasteiger partial charge is 0.410 e. The molecule has 282 valence electrons. The zero-order valence-electron chi connectivity index (χ0n) is 30.8. The number of aromatic hydroxyl groups is 1. The van der Waals surface area contributed by atoms with Gasteiger partial charge in [0.25, 0.3) is 11.8 Å². The third-order valence-electron chi connectivity index (χ3n) is 11.7.